The third-order valence-corrected chi connectivity index (χ3v) is 5.98. The van der Waals surface area contributed by atoms with E-state index in [0.29, 0.717) is 12.5 Å². The fourth-order valence-electron chi connectivity index (χ4n) is 4.33. The number of hydrogen-bond acceptors (Lipinski definition) is 6. The van der Waals surface area contributed by atoms with Crippen molar-refractivity contribution in [2.24, 2.45) is 5.92 Å². The highest BCUT2D eigenvalue weighted by molar-refractivity contribution is 5.56. The van der Waals surface area contributed by atoms with Crippen molar-refractivity contribution in [3.8, 4) is 11.3 Å². The summed E-state index contributed by atoms with van der Waals surface area (Å²) in [6, 6.07) is 7.21. The number of hydrogen-bond donors (Lipinski definition) is 0. The number of likely N-dealkylation sites (tertiary alicyclic amines) is 1. The Balaban J connectivity index is 1.20. The maximum atomic E-state index is 12.3. The molecule has 0 saturated carbocycles. The zero-order chi connectivity index (χ0) is 19.6. The molecule has 1 aliphatic heterocycles. The summed E-state index contributed by atoms with van der Waals surface area (Å²) < 4.78 is 7.53. The van der Waals surface area contributed by atoms with Crippen molar-refractivity contribution < 1.29 is 4.42 Å². The van der Waals surface area contributed by atoms with Crippen LogP contribution in [0, 0.1) is 5.92 Å². The average Bonchev–Trinajstić information content (AvgIpc) is 3.33. The second-order valence-corrected chi connectivity index (χ2v) is 8.03. The molecule has 3 aromatic heterocycles. The SMILES string of the molecule is O=c1ccc(-c2ccncc2)nn1CC1CCN(Cc2nc3c(o2)CCC3)CC1. The summed E-state index contributed by atoms with van der Waals surface area (Å²) in [4.78, 5) is 23.4. The molecule has 0 aromatic carbocycles. The predicted octanol–water partition coefficient (Wildman–Crippen LogP) is 2.69. The first-order chi connectivity index (χ1) is 14.2. The fraction of sp³-hybridized carbons (Fsp3) is 0.455. The van der Waals surface area contributed by atoms with Crippen LogP contribution in [-0.2, 0) is 25.9 Å². The van der Waals surface area contributed by atoms with Crippen molar-refractivity contribution in [2.75, 3.05) is 13.1 Å². The van der Waals surface area contributed by atoms with Gasteiger partial charge in [-0.3, -0.25) is 14.7 Å². The molecular formula is C22H25N5O2. The van der Waals surface area contributed by atoms with Gasteiger partial charge in [-0.1, -0.05) is 0 Å². The topological polar surface area (TPSA) is 77.1 Å². The Kier molecular flexibility index (Phi) is 4.97. The molecule has 0 N–H and O–H groups in total. The molecule has 0 unspecified atom stereocenters. The predicted molar refractivity (Wildman–Crippen MR) is 108 cm³/mol. The van der Waals surface area contributed by atoms with Gasteiger partial charge >= 0.3 is 0 Å². The minimum atomic E-state index is -0.0421. The molecule has 29 heavy (non-hydrogen) atoms. The largest absolute Gasteiger partial charge is 0.444 e. The quantitative estimate of drug-likeness (QED) is 0.666. The van der Waals surface area contributed by atoms with Gasteiger partial charge < -0.3 is 4.42 Å². The van der Waals surface area contributed by atoms with E-state index in [-0.39, 0.29) is 5.56 Å². The summed E-state index contributed by atoms with van der Waals surface area (Å²) in [6.45, 7) is 3.45. The lowest BCUT2D eigenvalue weighted by Crippen LogP contribution is -2.36. The minimum absolute atomic E-state index is 0.0421. The molecule has 0 atom stereocenters. The van der Waals surface area contributed by atoms with Crippen molar-refractivity contribution in [2.45, 2.75) is 45.2 Å². The molecular weight excluding hydrogens is 366 g/mol. The molecule has 3 aromatic rings. The van der Waals surface area contributed by atoms with Crippen LogP contribution in [0.4, 0.5) is 0 Å². The maximum Gasteiger partial charge on any atom is 0.266 e. The molecule has 150 valence electrons. The number of rotatable bonds is 5. The van der Waals surface area contributed by atoms with Crippen molar-refractivity contribution in [1.29, 1.82) is 0 Å². The molecule has 7 heteroatoms. The molecule has 7 nitrogen and oxygen atoms in total. The van der Waals surface area contributed by atoms with Crippen LogP contribution in [0.2, 0.25) is 0 Å². The Hall–Kier alpha value is -2.80. The fourth-order valence-corrected chi connectivity index (χ4v) is 4.33. The van der Waals surface area contributed by atoms with Crippen LogP contribution in [0.15, 0.2) is 45.9 Å². The van der Waals surface area contributed by atoms with E-state index in [1.165, 1.54) is 6.42 Å². The second-order valence-electron chi connectivity index (χ2n) is 8.03. The van der Waals surface area contributed by atoms with Gasteiger partial charge in [0.25, 0.3) is 5.56 Å². The molecule has 1 aliphatic carbocycles. The van der Waals surface area contributed by atoms with E-state index in [1.54, 1.807) is 29.2 Å². The van der Waals surface area contributed by atoms with Crippen LogP contribution in [-0.4, -0.2) is 37.7 Å². The van der Waals surface area contributed by atoms with Gasteiger partial charge in [-0.05, 0) is 62.9 Å². The number of aromatic nitrogens is 4. The van der Waals surface area contributed by atoms with E-state index in [0.717, 1.165) is 73.9 Å². The van der Waals surface area contributed by atoms with Crippen molar-refractivity contribution in [1.82, 2.24) is 24.6 Å². The number of piperidine rings is 1. The summed E-state index contributed by atoms with van der Waals surface area (Å²) >= 11 is 0. The van der Waals surface area contributed by atoms with Crippen LogP contribution in [0.5, 0.6) is 0 Å². The molecule has 2 aliphatic rings. The van der Waals surface area contributed by atoms with Gasteiger partial charge in [0.15, 0.2) is 0 Å². The summed E-state index contributed by atoms with van der Waals surface area (Å²) in [6.07, 6.45) is 8.84. The number of nitrogens with zero attached hydrogens (tertiary/aromatic N) is 5. The number of oxazole rings is 1. The normalized spacial score (nSPS) is 17.5. The molecule has 1 fully saturated rings. The lowest BCUT2D eigenvalue weighted by atomic mass is 9.97. The van der Waals surface area contributed by atoms with Gasteiger partial charge in [-0.15, -0.1) is 0 Å². The molecule has 1 saturated heterocycles. The van der Waals surface area contributed by atoms with E-state index in [9.17, 15) is 4.79 Å². The van der Waals surface area contributed by atoms with Crippen molar-refractivity contribution in [3.05, 3.63) is 64.4 Å². The first-order valence-electron chi connectivity index (χ1n) is 10.4. The van der Waals surface area contributed by atoms with Gasteiger partial charge in [0, 0.05) is 37.0 Å². The summed E-state index contributed by atoms with van der Waals surface area (Å²) in [5.74, 6) is 2.41. The van der Waals surface area contributed by atoms with Crippen molar-refractivity contribution in [3.63, 3.8) is 0 Å². The number of aryl methyl sites for hydroxylation is 2. The van der Waals surface area contributed by atoms with E-state index in [4.69, 9.17) is 4.42 Å². The lowest BCUT2D eigenvalue weighted by molar-refractivity contribution is 0.151. The van der Waals surface area contributed by atoms with Gasteiger partial charge in [-0.2, -0.15) is 5.10 Å². The third kappa shape index (κ3) is 4.00. The van der Waals surface area contributed by atoms with E-state index in [1.807, 2.05) is 12.1 Å². The average molecular weight is 391 g/mol. The highest BCUT2D eigenvalue weighted by Crippen LogP contribution is 2.25. The molecule has 0 radical (unpaired) electrons. The number of pyridine rings is 1. The standard InChI is InChI=1S/C22H25N5O2/c28-22-5-4-18(17-6-10-23-11-7-17)25-27(22)14-16-8-12-26(13-9-16)15-21-24-19-2-1-3-20(19)29-21/h4-7,10-11,16H,1-3,8-9,12-15H2. The molecule has 5 rings (SSSR count). The number of fused-ring (bicyclic) bond motifs is 1. The summed E-state index contributed by atoms with van der Waals surface area (Å²) in [5, 5.41) is 4.59. The van der Waals surface area contributed by atoms with Gasteiger partial charge in [0.05, 0.1) is 17.9 Å². The highest BCUT2D eigenvalue weighted by atomic mass is 16.4. The second kappa shape index (κ2) is 7.91. The first kappa shape index (κ1) is 18.2. The van der Waals surface area contributed by atoms with E-state index in [2.05, 4.69) is 20.0 Å². The molecule has 0 bridgehead atoms. The van der Waals surface area contributed by atoms with E-state index >= 15 is 0 Å². The smallest absolute Gasteiger partial charge is 0.266 e. The molecule has 0 amide bonds. The Bertz CT molecular complexity index is 1010. The lowest BCUT2D eigenvalue weighted by Gasteiger charge is -2.31. The van der Waals surface area contributed by atoms with E-state index < -0.39 is 0 Å². The third-order valence-electron chi connectivity index (χ3n) is 5.98. The Morgan fingerprint density at radius 2 is 1.90 bits per heavy atom. The summed E-state index contributed by atoms with van der Waals surface area (Å²) in [5.41, 5.74) is 2.90. The van der Waals surface area contributed by atoms with Gasteiger partial charge in [0.1, 0.15) is 5.76 Å². The molecule has 4 heterocycles. The zero-order valence-electron chi connectivity index (χ0n) is 16.5. The molecule has 0 spiro atoms. The summed E-state index contributed by atoms with van der Waals surface area (Å²) in [7, 11) is 0. The van der Waals surface area contributed by atoms with Crippen LogP contribution < -0.4 is 5.56 Å². The Morgan fingerprint density at radius 1 is 1.07 bits per heavy atom. The first-order valence-corrected chi connectivity index (χ1v) is 10.4. The van der Waals surface area contributed by atoms with Crippen molar-refractivity contribution >= 4 is 0 Å². The highest BCUT2D eigenvalue weighted by Gasteiger charge is 2.24. The van der Waals surface area contributed by atoms with Gasteiger partial charge in [0.2, 0.25) is 5.89 Å². The Morgan fingerprint density at radius 3 is 2.69 bits per heavy atom. The van der Waals surface area contributed by atoms with Crippen LogP contribution >= 0.6 is 0 Å². The Labute approximate surface area is 169 Å². The van der Waals surface area contributed by atoms with Crippen LogP contribution in [0.1, 0.15) is 36.6 Å². The van der Waals surface area contributed by atoms with Gasteiger partial charge in [-0.25, -0.2) is 9.67 Å². The zero-order valence-corrected chi connectivity index (χ0v) is 16.5. The van der Waals surface area contributed by atoms with Crippen LogP contribution in [0.25, 0.3) is 11.3 Å². The monoisotopic (exact) mass is 391 g/mol. The van der Waals surface area contributed by atoms with Crippen LogP contribution in [0.3, 0.4) is 0 Å². The minimum Gasteiger partial charge on any atom is -0.444 e. The maximum absolute atomic E-state index is 12.3.